The summed E-state index contributed by atoms with van der Waals surface area (Å²) in [6.07, 6.45) is 5.91. The highest BCUT2D eigenvalue weighted by Gasteiger charge is 2.46. The number of aliphatic hydroxyl groups is 1. The zero-order chi connectivity index (χ0) is 65.6. The Morgan fingerprint density at radius 3 is 2.20 bits per heavy atom. The van der Waals surface area contributed by atoms with Gasteiger partial charge < -0.3 is 60.0 Å². The van der Waals surface area contributed by atoms with Crippen LogP contribution in [0.2, 0.25) is 0 Å². The normalized spacial score (nSPS) is 18.6. The maximum Gasteiger partial charge on any atom is 0.416 e. The maximum atomic E-state index is 14.3. The summed E-state index contributed by atoms with van der Waals surface area (Å²) in [5.41, 5.74) is 8.59. The molecule has 5 heterocycles. The zero-order valence-corrected chi connectivity index (χ0v) is 53.8. The van der Waals surface area contributed by atoms with Crippen LogP contribution in [0.25, 0.3) is 10.8 Å². The molecule has 2 fully saturated rings. The average Bonchev–Trinajstić information content (AvgIpc) is 1.57. The average molecular weight is 1290 g/mol. The first-order valence-electron chi connectivity index (χ1n) is 32.2. The number of carbonyl (C=O) groups excluding carboxylic acids is 9. The fraction of sp³-hybridized carbons (Fsp3) is 0.515. The van der Waals surface area contributed by atoms with Gasteiger partial charge in [0.05, 0.1) is 42.7 Å². The smallest absolute Gasteiger partial charge is 0.416 e. The number of carbonyl (C=O) groups is 9. The van der Waals surface area contributed by atoms with E-state index in [9.17, 15) is 48.3 Å². The summed E-state index contributed by atoms with van der Waals surface area (Å²) in [5, 5.41) is 19.4. The molecule has 1 unspecified atom stereocenters. The molecule has 9 rings (SSSR count). The van der Waals surface area contributed by atoms with E-state index in [-0.39, 0.29) is 115 Å². The number of unbranched alkanes of at least 4 members (excludes halogenated alkanes) is 5. The van der Waals surface area contributed by atoms with Crippen molar-refractivity contribution < 1.29 is 67.2 Å². The number of nitrogens with one attached hydrogen (secondary N) is 2. The summed E-state index contributed by atoms with van der Waals surface area (Å²) in [5.74, 6) is -2.09. The Morgan fingerprint density at radius 2 is 1.49 bits per heavy atom. The van der Waals surface area contributed by atoms with Crippen LogP contribution in [0, 0.1) is 11.8 Å². The molecule has 24 heteroatoms. The lowest BCUT2D eigenvalue weighted by atomic mass is 9.89. The van der Waals surface area contributed by atoms with Crippen LogP contribution in [0.3, 0.4) is 0 Å². The van der Waals surface area contributed by atoms with Crippen LogP contribution in [0.1, 0.15) is 131 Å². The van der Waals surface area contributed by atoms with Crippen LogP contribution in [-0.2, 0) is 40.1 Å². The van der Waals surface area contributed by atoms with Crippen LogP contribution in [0.15, 0.2) is 78.9 Å². The van der Waals surface area contributed by atoms with Crippen molar-refractivity contribution >= 4 is 92.8 Å². The third-order valence-corrected chi connectivity index (χ3v) is 18.3. The molecule has 5 aliphatic heterocycles. The highest BCUT2D eigenvalue weighted by Crippen LogP contribution is 2.47. The molecule has 0 radical (unpaired) electrons. The molecule has 4 aromatic rings. The third kappa shape index (κ3) is 16.4. The van der Waals surface area contributed by atoms with E-state index in [1.807, 2.05) is 45.2 Å². The first-order valence-corrected chi connectivity index (χ1v) is 32.8. The lowest BCUT2D eigenvalue weighted by Gasteiger charge is -2.31. The highest BCUT2D eigenvalue weighted by atomic mass is 35.5. The number of piperazine rings is 1. The lowest BCUT2D eigenvalue weighted by Crippen LogP contribution is -2.50. The highest BCUT2D eigenvalue weighted by molar-refractivity contribution is 6.19. The SMILES string of the molecule is COc1cc2c(cc1OCCCCCC(=O)N1C[C@@H](CCl)c3c1cc(OC(=O)N1CCN(C)CC1)c1ccccc31)N(C(=O)OCc1ccc(NC(=O)[C@H](CCCCN)CC(=O)[C@@H](NC(=O)CCCCCN3C(=O)C=CC3=O)C(C)C)cc1)C(O)[C@@H]1CCCN1C2=O. The number of nitrogens with zero attached hydrogens (tertiary/aromatic N) is 6. The van der Waals surface area contributed by atoms with Crippen LogP contribution < -0.4 is 40.4 Å². The van der Waals surface area contributed by atoms with Gasteiger partial charge in [0.2, 0.25) is 17.7 Å². The van der Waals surface area contributed by atoms with Gasteiger partial charge in [-0.2, -0.15) is 0 Å². The molecule has 0 aliphatic carbocycles. The molecule has 0 saturated carbocycles. The number of anilines is 3. The van der Waals surface area contributed by atoms with E-state index in [1.165, 1.54) is 31.4 Å². The number of imide groups is 1. The maximum absolute atomic E-state index is 14.3. The van der Waals surface area contributed by atoms with Gasteiger partial charge in [-0.3, -0.25) is 38.5 Å². The van der Waals surface area contributed by atoms with Crippen LogP contribution in [0.4, 0.5) is 26.7 Å². The second kappa shape index (κ2) is 31.9. The van der Waals surface area contributed by atoms with E-state index < -0.39 is 36.4 Å². The van der Waals surface area contributed by atoms with Gasteiger partial charge in [-0.15, -0.1) is 11.6 Å². The molecular weight excluding hydrogens is 1200 g/mol. The molecule has 5 atom stereocenters. The van der Waals surface area contributed by atoms with Gasteiger partial charge in [-0.1, -0.05) is 63.1 Å². The number of fused-ring (bicyclic) bond motifs is 5. The summed E-state index contributed by atoms with van der Waals surface area (Å²) in [4.78, 5) is 130. The molecule has 8 amide bonds. The molecule has 23 nitrogen and oxygen atoms in total. The van der Waals surface area contributed by atoms with Crippen molar-refractivity contribution in [3.05, 3.63) is 95.6 Å². The molecule has 494 valence electrons. The number of alkyl halides is 1. The third-order valence-electron chi connectivity index (χ3n) is 17.9. The van der Waals surface area contributed by atoms with E-state index in [2.05, 4.69) is 15.5 Å². The number of halogens is 1. The predicted molar refractivity (Wildman–Crippen MR) is 347 cm³/mol. The summed E-state index contributed by atoms with van der Waals surface area (Å²) < 4.78 is 23.9. The second-order valence-corrected chi connectivity index (χ2v) is 25.0. The van der Waals surface area contributed by atoms with Gasteiger partial charge >= 0.3 is 12.2 Å². The first-order chi connectivity index (χ1) is 44.4. The number of methoxy groups -OCH3 is 1. The number of Topliss-reactive ketones (excluding diaryl/α,β-unsaturated/α-hetero) is 1. The summed E-state index contributed by atoms with van der Waals surface area (Å²) >= 11 is 6.56. The van der Waals surface area contributed by atoms with Crippen molar-refractivity contribution in [2.75, 3.05) is 94.1 Å². The van der Waals surface area contributed by atoms with Crippen molar-refractivity contribution in [3.8, 4) is 17.2 Å². The number of amides is 8. The molecule has 5 aliphatic rings. The molecule has 0 aromatic heterocycles. The summed E-state index contributed by atoms with van der Waals surface area (Å²) in [7, 11) is 3.46. The molecule has 0 bridgehead atoms. The summed E-state index contributed by atoms with van der Waals surface area (Å²) in [6.45, 7) is 7.64. The van der Waals surface area contributed by atoms with Crippen LogP contribution >= 0.6 is 11.6 Å². The lowest BCUT2D eigenvalue weighted by molar-refractivity contribution is -0.137. The van der Waals surface area contributed by atoms with Crippen molar-refractivity contribution in [1.29, 1.82) is 0 Å². The quantitative estimate of drug-likeness (QED) is 0.0226. The van der Waals surface area contributed by atoms with Gasteiger partial charge in [-0.05, 0) is 112 Å². The number of rotatable bonds is 29. The number of benzene rings is 4. The fourth-order valence-corrected chi connectivity index (χ4v) is 13.0. The minimum Gasteiger partial charge on any atom is -0.493 e. The predicted octanol–water partition coefficient (Wildman–Crippen LogP) is 8.25. The number of hydrogen-bond donors (Lipinski definition) is 4. The van der Waals surface area contributed by atoms with E-state index in [0.29, 0.717) is 132 Å². The molecule has 5 N–H and O–H groups in total. The number of aliphatic hydroxyl groups excluding tert-OH is 1. The molecule has 4 aromatic carbocycles. The van der Waals surface area contributed by atoms with Gasteiger partial charge in [0.15, 0.2) is 23.5 Å². The minimum atomic E-state index is -1.48. The van der Waals surface area contributed by atoms with E-state index in [0.717, 1.165) is 39.2 Å². The van der Waals surface area contributed by atoms with Crippen molar-refractivity contribution in [2.45, 2.75) is 135 Å². The Balaban J connectivity index is 0.791. The van der Waals surface area contributed by atoms with Crippen molar-refractivity contribution in [1.82, 2.24) is 24.9 Å². The monoisotopic (exact) mass is 1290 g/mol. The minimum absolute atomic E-state index is 0.0759. The van der Waals surface area contributed by atoms with E-state index in [4.69, 9.17) is 36.3 Å². The van der Waals surface area contributed by atoms with Gasteiger partial charge in [0.1, 0.15) is 12.4 Å². The molecular formula is C68H86ClN9O14. The first kappa shape index (κ1) is 68.3. The Labute approximate surface area is 541 Å². The van der Waals surface area contributed by atoms with E-state index >= 15 is 0 Å². The molecule has 2 saturated heterocycles. The van der Waals surface area contributed by atoms with Crippen molar-refractivity contribution in [2.24, 2.45) is 17.6 Å². The van der Waals surface area contributed by atoms with Crippen LogP contribution in [-0.4, -0.2) is 175 Å². The zero-order valence-electron chi connectivity index (χ0n) is 53.0. The molecule has 92 heavy (non-hydrogen) atoms. The van der Waals surface area contributed by atoms with Gasteiger partial charge in [0, 0.05) is 118 Å². The van der Waals surface area contributed by atoms with Crippen molar-refractivity contribution in [3.63, 3.8) is 0 Å². The number of likely N-dealkylation sites (N-methyl/N-ethyl adjacent to an activating group) is 1. The number of nitrogens with two attached hydrogens (primary N) is 1. The van der Waals surface area contributed by atoms with E-state index in [1.54, 1.807) is 45.0 Å². The number of ether oxygens (including phenoxy) is 4. The fourth-order valence-electron chi connectivity index (χ4n) is 12.7. The topological polar surface area (TPSA) is 280 Å². The Morgan fingerprint density at radius 1 is 0.783 bits per heavy atom. The molecule has 0 spiro atoms. The summed E-state index contributed by atoms with van der Waals surface area (Å²) in [6, 6.07) is 17.6. The van der Waals surface area contributed by atoms with Gasteiger partial charge in [-0.25, -0.2) is 14.5 Å². The Hall–Kier alpha value is -8.12. The second-order valence-electron chi connectivity index (χ2n) is 24.7. The Kier molecular flexibility index (Phi) is 23.7. The standard InChI is InChI=1S/C68H86ClN9O14/c1-43(2)63(72-58(80)20-7-5-13-29-76-60(82)26-27-61(76)83)54(79)36-45(16-11-12-28-70)64(84)71-47-24-22-44(23-25-47)42-91-68(88)78-52-38-57(56(89-4)37-50(52)65(85)75-30-15-19-51(75)66(78)86)90-35-14-6-8-21-59(81)77-41-46(40-69)62-49-18-10-9-17-48(49)55(39-53(62)77)92-67(87)74-33-31-73(3)32-34-74/h9-10,17-18,22-27,37-39,43,45-46,51,63,66,86H,5-8,11-16,19-21,28-36,40-42,70H2,1-4H3,(H,71,84)(H,72,80)/t45-,46-,51+,63+,66?/m1/s1. The van der Waals surface area contributed by atoms with Crippen LogP contribution in [0.5, 0.6) is 17.2 Å². The number of ketones is 1. The van der Waals surface area contributed by atoms with Gasteiger partial charge in [0.25, 0.3) is 17.7 Å². The number of hydrogen-bond acceptors (Lipinski definition) is 16. The largest absolute Gasteiger partial charge is 0.493 e. The Bertz CT molecular complexity index is 3370.